The van der Waals surface area contributed by atoms with Crippen LogP contribution in [-0.2, 0) is 100 Å². The first-order chi connectivity index (χ1) is 60.0. The number of hydrogen-bond donors (Lipinski definition) is 10. The zero-order valence-corrected chi connectivity index (χ0v) is 74.1. The van der Waals surface area contributed by atoms with Crippen LogP contribution in [0.3, 0.4) is 0 Å². The quantitative estimate of drug-likeness (QED) is 0.0276. The highest BCUT2D eigenvalue weighted by molar-refractivity contribution is 5.93. The number of benzene rings is 2. The van der Waals surface area contributed by atoms with Crippen LogP contribution in [0, 0.1) is 17.3 Å². The van der Waals surface area contributed by atoms with Crippen molar-refractivity contribution in [2.45, 2.75) is 245 Å². The molecule has 0 aromatic heterocycles. The molecule has 4 atom stereocenters. The summed E-state index contributed by atoms with van der Waals surface area (Å²) in [6.07, 6.45) is 16.9. The summed E-state index contributed by atoms with van der Waals surface area (Å²) in [5, 5.41) is 53.2. The summed E-state index contributed by atoms with van der Waals surface area (Å²) in [5.74, 6) is -7.14. The van der Waals surface area contributed by atoms with Crippen LogP contribution in [0.15, 0.2) is 48.5 Å². The molecule has 35 heteroatoms. The van der Waals surface area contributed by atoms with E-state index in [0.29, 0.717) is 109 Å². The molecular formula is C90H142N6O29. The van der Waals surface area contributed by atoms with Crippen LogP contribution < -0.4 is 41.4 Å². The van der Waals surface area contributed by atoms with Crippen LogP contribution in [0.2, 0.25) is 0 Å². The van der Waals surface area contributed by atoms with Gasteiger partial charge in [0.2, 0.25) is 35.4 Å². The lowest BCUT2D eigenvalue weighted by molar-refractivity contribution is -0.142. The van der Waals surface area contributed by atoms with E-state index in [1.54, 1.807) is 45.0 Å². The van der Waals surface area contributed by atoms with Crippen molar-refractivity contribution >= 4 is 88.2 Å². The summed E-state index contributed by atoms with van der Waals surface area (Å²) < 4.78 is 54.8. The second-order valence-electron chi connectivity index (χ2n) is 31.7. The van der Waals surface area contributed by atoms with E-state index in [0.717, 1.165) is 77.0 Å². The molecule has 0 heterocycles. The van der Waals surface area contributed by atoms with Gasteiger partial charge in [-0.1, -0.05) is 97.8 Å². The van der Waals surface area contributed by atoms with Crippen LogP contribution in [0.1, 0.15) is 254 Å². The van der Waals surface area contributed by atoms with E-state index in [4.69, 9.17) is 57.6 Å². The number of hydrogen-bond acceptors (Lipinski definition) is 25. The SMILES string of the molecule is CC(=O)[C@H](CCCCNC(=O)COCCOCCNC(=O)COCCOCCCC(=O)CC[C@H](NC(=O)CCCCCCCCCOc1ccc(C(=O)O)cc1)C(=O)O)CC(=O)[C@H](CCCCNC(=O)COCCOCCCC(=O)COCCOCCNC(=O)CC[C@H](NC(=O)CCCCCCCCCOc1ccc(C(=O)O)cc1)C(=O)O)CC(=O)C(C)(C)C. The third-order valence-corrected chi connectivity index (χ3v) is 19.9. The van der Waals surface area contributed by atoms with Crippen molar-refractivity contribution in [2.24, 2.45) is 17.3 Å². The number of rotatable bonds is 84. The highest BCUT2D eigenvalue weighted by atomic mass is 16.5. The molecule has 125 heavy (non-hydrogen) atoms. The molecule has 2 aromatic rings. The number of carboxylic acid groups (broad SMARTS) is 4. The summed E-state index contributed by atoms with van der Waals surface area (Å²) in [5.41, 5.74) is -0.270. The maximum absolute atomic E-state index is 13.8. The highest BCUT2D eigenvalue weighted by Gasteiger charge is 2.31. The lowest BCUT2D eigenvalue weighted by Crippen LogP contribution is -2.41. The van der Waals surface area contributed by atoms with Crippen LogP contribution in [0.25, 0.3) is 0 Å². The number of carboxylic acids is 4. The lowest BCUT2D eigenvalue weighted by Gasteiger charge is -2.23. The normalized spacial score (nSPS) is 12.2. The van der Waals surface area contributed by atoms with Crippen LogP contribution >= 0.6 is 0 Å². The second-order valence-corrected chi connectivity index (χ2v) is 31.7. The Balaban J connectivity index is 1.42. The first kappa shape index (κ1) is 112. The molecule has 2 rings (SSSR count). The molecule has 0 radical (unpaired) electrons. The number of amides is 6. The third kappa shape index (κ3) is 62.5. The van der Waals surface area contributed by atoms with Crippen molar-refractivity contribution in [2.75, 3.05) is 145 Å². The minimum absolute atomic E-state index is 0.00663. The molecule has 0 aliphatic rings. The van der Waals surface area contributed by atoms with E-state index in [1.807, 2.05) is 0 Å². The monoisotopic (exact) mass is 1770 g/mol. The molecule has 0 saturated carbocycles. The largest absolute Gasteiger partial charge is 0.494 e. The van der Waals surface area contributed by atoms with Crippen LogP contribution in [0.5, 0.6) is 11.5 Å². The number of carbonyl (C=O) groups is 15. The van der Waals surface area contributed by atoms with Crippen molar-refractivity contribution in [1.82, 2.24) is 31.9 Å². The number of aromatic carboxylic acids is 2. The maximum atomic E-state index is 13.8. The first-order valence-corrected chi connectivity index (χ1v) is 44.3. The van der Waals surface area contributed by atoms with E-state index in [-0.39, 0.29) is 246 Å². The number of nitrogens with one attached hydrogen (secondary N) is 6. The number of Topliss-reactive ketones (excluding diaryl/α,β-unsaturated/α-hetero) is 5. The lowest BCUT2D eigenvalue weighted by atomic mass is 9.79. The Labute approximate surface area is 735 Å². The standard InChI is InChI=1S/C90H142N6O29/c1-67(97)70(25-17-19-43-91-84(106)65-123-60-56-119-52-46-94-85(107)66-122-59-53-116-47-23-27-72(98)35-40-76(88(112)113)95-81(103)29-15-11-7-5-9-13-21-49-124-74-36-31-68(32-37-74)86(108)109)61-78(100)71(62-79(101)90(2,3)4)26-18-20-44-92-83(105)64-121-58-54-117-48-24-28-73(99)63-120-57-55-118-51-45-93-80(102)42-41-77(89(114)115)96-82(104)30-16-12-8-6-10-14-22-50-125-75-38-33-69(34-39-75)87(110)111/h31-34,36-39,70-71,76-77H,5-30,35,40-66H2,1-4H3,(H,91,106)(H,92,105)(H,93,102)(H,94,107)(H,95,103)(H,96,104)(H,108,109)(H,110,111)(H,112,113)(H,114,115)/t70-,71-,76+,77+/m1/s1. The molecule has 0 unspecified atom stereocenters. The fourth-order valence-corrected chi connectivity index (χ4v) is 12.5. The van der Waals surface area contributed by atoms with Gasteiger partial charge < -0.3 is 99.7 Å². The molecule has 2 aromatic carbocycles. The summed E-state index contributed by atoms with van der Waals surface area (Å²) in [6, 6.07) is 10.2. The predicted molar refractivity (Wildman–Crippen MR) is 460 cm³/mol. The number of ketones is 5. The van der Waals surface area contributed by atoms with Crippen molar-refractivity contribution < 1.29 is 140 Å². The molecule has 35 nitrogen and oxygen atoms in total. The van der Waals surface area contributed by atoms with Gasteiger partial charge in [-0.3, -0.25) is 52.7 Å². The summed E-state index contributed by atoms with van der Waals surface area (Å²) >= 11 is 0. The van der Waals surface area contributed by atoms with Crippen LogP contribution in [-0.4, -0.2) is 266 Å². The fourth-order valence-electron chi connectivity index (χ4n) is 12.5. The Bertz CT molecular complexity index is 3450. The molecule has 10 N–H and O–H groups in total. The Morgan fingerprint density at radius 3 is 1.08 bits per heavy atom. The average Bonchev–Trinajstić information content (AvgIpc) is 0.876. The van der Waals surface area contributed by atoms with Crippen LogP contribution in [0.4, 0.5) is 0 Å². The van der Waals surface area contributed by atoms with E-state index in [2.05, 4.69) is 31.9 Å². The minimum atomic E-state index is -1.23. The minimum Gasteiger partial charge on any atom is -0.494 e. The zero-order chi connectivity index (χ0) is 91.9. The van der Waals surface area contributed by atoms with E-state index < -0.39 is 59.1 Å². The topological polar surface area (TPSA) is 501 Å². The summed E-state index contributed by atoms with van der Waals surface area (Å²) in [6.45, 7) is 10.4. The summed E-state index contributed by atoms with van der Waals surface area (Å²) in [7, 11) is 0. The Kier molecular flexibility index (Phi) is 64.3. The van der Waals surface area contributed by atoms with Gasteiger partial charge in [0.05, 0.1) is 90.4 Å². The molecule has 0 bridgehead atoms. The Hall–Kier alpha value is -9.23. The fraction of sp³-hybridized carbons (Fsp3) is 0.700. The van der Waals surface area contributed by atoms with E-state index in [9.17, 15) is 82.1 Å². The van der Waals surface area contributed by atoms with Gasteiger partial charge >= 0.3 is 23.9 Å². The molecule has 0 saturated heterocycles. The Morgan fingerprint density at radius 2 is 0.672 bits per heavy atom. The maximum Gasteiger partial charge on any atom is 0.335 e. The molecule has 706 valence electrons. The number of unbranched alkanes of at least 4 members (excludes halogenated alkanes) is 14. The number of carbonyl (C=O) groups excluding carboxylic acids is 11. The molecular weight excluding hydrogens is 1630 g/mol. The van der Waals surface area contributed by atoms with E-state index in [1.165, 1.54) is 31.2 Å². The van der Waals surface area contributed by atoms with Gasteiger partial charge in [0.1, 0.15) is 73.1 Å². The highest BCUT2D eigenvalue weighted by Crippen LogP contribution is 2.27. The van der Waals surface area contributed by atoms with Crippen molar-refractivity contribution in [3.63, 3.8) is 0 Å². The van der Waals surface area contributed by atoms with Gasteiger partial charge in [-0.05, 0) is 133 Å². The van der Waals surface area contributed by atoms with Crippen molar-refractivity contribution in [3.8, 4) is 11.5 Å². The van der Waals surface area contributed by atoms with Gasteiger partial charge in [0, 0.05) is 108 Å². The van der Waals surface area contributed by atoms with E-state index >= 15 is 0 Å². The van der Waals surface area contributed by atoms with Crippen molar-refractivity contribution in [1.29, 1.82) is 0 Å². The van der Waals surface area contributed by atoms with Gasteiger partial charge in [-0.25, -0.2) is 19.2 Å². The molecule has 0 aliphatic carbocycles. The number of ether oxygens (including phenoxy) is 10. The first-order valence-electron chi connectivity index (χ1n) is 44.3. The van der Waals surface area contributed by atoms with Crippen molar-refractivity contribution in [3.05, 3.63) is 59.7 Å². The van der Waals surface area contributed by atoms with Gasteiger partial charge in [0.15, 0.2) is 5.78 Å². The summed E-state index contributed by atoms with van der Waals surface area (Å²) in [4.78, 5) is 184. The van der Waals surface area contributed by atoms with Gasteiger partial charge in [0.25, 0.3) is 0 Å². The predicted octanol–water partition coefficient (Wildman–Crippen LogP) is 8.90. The second kappa shape index (κ2) is 71.9. The zero-order valence-electron chi connectivity index (χ0n) is 74.1. The third-order valence-electron chi connectivity index (χ3n) is 19.9. The number of aliphatic carboxylic acids is 2. The molecule has 0 aliphatic heterocycles. The molecule has 6 amide bonds. The average molecular weight is 1770 g/mol. The Morgan fingerprint density at radius 1 is 0.312 bits per heavy atom. The molecule has 0 spiro atoms. The smallest absolute Gasteiger partial charge is 0.335 e. The van der Waals surface area contributed by atoms with Gasteiger partial charge in [-0.15, -0.1) is 0 Å². The van der Waals surface area contributed by atoms with Gasteiger partial charge in [-0.2, -0.15) is 0 Å². The molecule has 0 fully saturated rings.